The number of halogens is 1. The van der Waals surface area contributed by atoms with Crippen LogP contribution in [0, 0.1) is 0 Å². The van der Waals surface area contributed by atoms with Gasteiger partial charge in [0.15, 0.2) is 10.8 Å². The number of rotatable bonds is 2. The molecule has 4 nitrogen and oxygen atoms in total. The largest absolute Gasteiger partial charge is 0.348 e. The fourth-order valence-corrected chi connectivity index (χ4v) is 1.35. The number of carbonyl (C=O) groups excluding carboxylic acids is 1. The van der Waals surface area contributed by atoms with Crippen molar-refractivity contribution in [1.29, 1.82) is 0 Å². The first-order valence-electron chi connectivity index (χ1n) is 4.56. The van der Waals surface area contributed by atoms with Crippen LogP contribution in [0.25, 0.3) is 0 Å². The van der Waals surface area contributed by atoms with E-state index in [9.17, 15) is 4.79 Å². The third-order valence-electron chi connectivity index (χ3n) is 2.31. The Balaban J connectivity index is 1.99. The molecule has 1 N–H and O–H groups in total. The van der Waals surface area contributed by atoms with Crippen molar-refractivity contribution in [3.8, 4) is 0 Å². The van der Waals surface area contributed by atoms with E-state index in [4.69, 9.17) is 11.6 Å². The summed E-state index contributed by atoms with van der Waals surface area (Å²) < 4.78 is 0. The summed E-state index contributed by atoms with van der Waals surface area (Å²) in [6, 6.07) is 3.45. The highest BCUT2D eigenvalue weighted by Crippen LogP contribution is 2.18. The summed E-state index contributed by atoms with van der Waals surface area (Å²) >= 11 is 5.56. The number of hydrogen-bond acceptors (Lipinski definition) is 3. The van der Waals surface area contributed by atoms with Crippen molar-refractivity contribution in [3.05, 3.63) is 23.0 Å². The Labute approximate surface area is 86.7 Å². The number of amides is 1. The van der Waals surface area contributed by atoms with Crippen molar-refractivity contribution in [3.63, 3.8) is 0 Å². The molecular weight excluding hydrogens is 202 g/mol. The lowest BCUT2D eigenvalue weighted by atomic mass is 9.93. The molecule has 0 bridgehead atoms. The van der Waals surface area contributed by atoms with Gasteiger partial charge in [-0.3, -0.25) is 4.79 Å². The molecule has 0 saturated heterocycles. The summed E-state index contributed by atoms with van der Waals surface area (Å²) in [4.78, 5) is 11.5. The zero-order chi connectivity index (χ0) is 9.97. The van der Waals surface area contributed by atoms with Gasteiger partial charge in [0.1, 0.15) is 0 Å². The SMILES string of the molecule is O=C(NC1CCC1)c1ccc(Cl)nn1. The molecule has 74 valence electrons. The van der Waals surface area contributed by atoms with Crippen LogP contribution >= 0.6 is 11.6 Å². The molecule has 2 rings (SSSR count). The lowest BCUT2D eigenvalue weighted by Gasteiger charge is -2.25. The van der Waals surface area contributed by atoms with Crippen LogP contribution in [0.15, 0.2) is 12.1 Å². The van der Waals surface area contributed by atoms with E-state index in [1.807, 2.05) is 0 Å². The van der Waals surface area contributed by atoms with Gasteiger partial charge in [0.05, 0.1) is 0 Å². The minimum atomic E-state index is -0.168. The summed E-state index contributed by atoms with van der Waals surface area (Å²) in [6.45, 7) is 0. The van der Waals surface area contributed by atoms with Crippen LogP contribution in [-0.4, -0.2) is 22.1 Å². The second-order valence-electron chi connectivity index (χ2n) is 3.34. The number of aromatic nitrogens is 2. The standard InChI is InChI=1S/C9H10ClN3O/c10-8-5-4-7(12-13-8)9(14)11-6-2-1-3-6/h4-6H,1-3H2,(H,11,14). The summed E-state index contributed by atoms with van der Waals surface area (Å²) in [7, 11) is 0. The van der Waals surface area contributed by atoms with Gasteiger partial charge in [-0.2, -0.15) is 0 Å². The fourth-order valence-electron chi connectivity index (χ4n) is 1.25. The zero-order valence-electron chi connectivity index (χ0n) is 7.53. The smallest absolute Gasteiger partial charge is 0.272 e. The van der Waals surface area contributed by atoms with E-state index < -0.39 is 0 Å². The van der Waals surface area contributed by atoms with Crippen molar-refractivity contribution >= 4 is 17.5 Å². The van der Waals surface area contributed by atoms with Crippen LogP contribution in [0.3, 0.4) is 0 Å². The van der Waals surface area contributed by atoms with E-state index in [1.165, 1.54) is 6.42 Å². The van der Waals surface area contributed by atoms with Crippen LogP contribution in [0.4, 0.5) is 0 Å². The molecule has 0 spiro atoms. The number of nitrogens with zero attached hydrogens (tertiary/aromatic N) is 2. The summed E-state index contributed by atoms with van der Waals surface area (Å²) in [5.74, 6) is -0.168. The van der Waals surface area contributed by atoms with Gasteiger partial charge in [-0.15, -0.1) is 10.2 Å². The van der Waals surface area contributed by atoms with Crippen molar-refractivity contribution in [2.24, 2.45) is 0 Å². The van der Waals surface area contributed by atoms with Gasteiger partial charge in [0, 0.05) is 6.04 Å². The molecule has 0 unspecified atom stereocenters. The maximum Gasteiger partial charge on any atom is 0.272 e. The molecular formula is C9H10ClN3O. The lowest BCUT2D eigenvalue weighted by molar-refractivity contribution is 0.0911. The van der Waals surface area contributed by atoms with Crippen LogP contribution in [-0.2, 0) is 0 Å². The molecule has 0 atom stereocenters. The maximum absolute atomic E-state index is 11.5. The zero-order valence-corrected chi connectivity index (χ0v) is 8.29. The molecule has 0 aliphatic heterocycles. The van der Waals surface area contributed by atoms with E-state index >= 15 is 0 Å². The quantitative estimate of drug-likeness (QED) is 0.805. The van der Waals surface area contributed by atoms with Crippen molar-refractivity contribution < 1.29 is 4.79 Å². The molecule has 1 amide bonds. The van der Waals surface area contributed by atoms with Gasteiger partial charge in [-0.1, -0.05) is 11.6 Å². The molecule has 1 aromatic rings. The van der Waals surface area contributed by atoms with Crippen LogP contribution < -0.4 is 5.32 Å². The average molecular weight is 212 g/mol. The molecule has 1 aliphatic rings. The molecule has 1 fully saturated rings. The Morgan fingerprint density at radius 2 is 2.21 bits per heavy atom. The van der Waals surface area contributed by atoms with Gasteiger partial charge in [-0.25, -0.2) is 0 Å². The molecule has 5 heteroatoms. The predicted octanol–water partition coefficient (Wildman–Crippen LogP) is 1.41. The molecule has 0 radical (unpaired) electrons. The first-order chi connectivity index (χ1) is 6.75. The van der Waals surface area contributed by atoms with Crippen molar-refractivity contribution in [1.82, 2.24) is 15.5 Å². The van der Waals surface area contributed by atoms with Gasteiger partial charge in [0.2, 0.25) is 0 Å². The van der Waals surface area contributed by atoms with Gasteiger partial charge < -0.3 is 5.32 Å². The first kappa shape index (κ1) is 9.40. The third-order valence-corrected chi connectivity index (χ3v) is 2.51. The molecule has 1 aliphatic carbocycles. The summed E-state index contributed by atoms with van der Waals surface area (Å²) in [6.07, 6.45) is 3.32. The van der Waals surface area contributed by atoms with Crippen molar-refractivity contribution in [2.75, 3.05) is 0 Å². The molecule has 14 heavy (non-hydrogen) atoms. The number of nitrogens with one attached hydrogen (secondary N) is 1. The second kappa shape index (κ2) is 3.92. The monoisotopic (exact) mass is 211 g/mol. The normalized spacial score (nSPS) is 16.1. The predicted molar refractivity (Wildman–Crippen MR) is 52.1 cm³/mol. The van der Waals surface area contributed by atoms with Crippen LogP contribution in [0.1, 0.15) is 29.8 Å². The average Bonchev–Trinajstić information content (AvgIpc) is 2.12. The maximum atomic E-state index is 11.5. The van der Waals surface area contributed by atoms with E-state index in [1.54, 1.807) is 12.1 Å². The van der Waals surface area contributed by atoms with Gasteiger partial charge in [-0.05, 0) is 31.4 Å². The first-order valence-corrected chi connectivity index (χ1v) is 4.93. The van der Waals surface area contributed by atoms with E-state index in [-0.39, 0.29) is 5.91 Å². The Kier molecular flexibility index (Phi) is 2.63. The number of hydrogen-bond donors (Lipinski definition) is 1. The molecule has 1 heterocycles. The van der Waals surface area contributed by atoms with E-state index in [0.717, 1.165) is 12.8 Å². The fraction of sp³-hybridized carbons (Fsp3) is 0.444. The Hall–Kier alpha value is -1.16. The van der Waals surface area contributed by atoms with Crippen molar-refractivity contribution in [2.45, 2.75) is 25.3 Å². The topological polar surface area (TPSA) is 54.9 Å². The Bertz CT molecular complexity index is 334. The minimum Gasteiger partial charge on any atom is -0.348 e. The number of carbonyl (C=O) groups is 1. The highest BCUT2D eigenvalue weighted by atomic mass is 35.5. The molecule has 1 aromatic heterocycles. The molecule has 1 saturated carbocycles. The highest BCUT2D eigenvalue weighted by Gasteiger charge is 2.20. The second-order valence-corrected chi connectivity index (χ2v) is 3.73. The Morgan fingerprint density at radius 1 is 1.43 bits per heavy atom. The summed E-state index contributed by atoms with van der Waals surface area (Å²) in [5.41, 5.74) is 0.321. The molecule has 0 aromatic carbocycles. The minimum absolute atomic E-state index is 0.168. The van der Waals surface area contributed by atoms with Crippen LogP contribution in [0.2, 0.25) is 5.15 Å². The Morgan fingerprint density at radius 3 is 2.71 bits per heavy atom. The third kappa shape index (κ3) is 2.01. The van der Waals surface area contributed by atoms with Crippen LogP contribution in [0.5, 0.6) is 0 Å². The lowest BCUT2D eigenvalue weighted by Crippen LogP contribution is -2.39. The highest BCUT2D eigenvalue weighted by molar-refractivity contribution is 6.29. The van der Waals surface area contributed by atoms with E-state index in [0.29, 0.717) is 16.9 Å². The van der Waals surface area contributed by atoms with Gasteiger partial charge >= 0.3 is 0 Å². The van der Waals surface area contributed by atoms with Gasteiger partial charge in [0.25, 0.3) is 5.91 Å². The van der Waals surface area contributed by atoms with E-state index in [2.05, 4.69) is 15.5 Å². The summed E-state index contributed by atoms with van der Waals surface area (Å²) in [5, 5.41) is 10.5.